The number of aromatic hydroxyl groups is 2. The van der Waals surface area contributed by atoms with Gasteiger partial charge in [0.15, 0.2) is 0 Å². The standard InChI is InChI=1S/C22H28Cl2O2/c1-11-9-13(21(3,4)5)19(25)15(17(11)23)16-18(24)12(2)10-14(20(16)26)22(6,7)8/h9-10,25-26H,1-8H3. The molecule has 0 amide bonds. The van der Waals surface area contributed by atoms with Gasteiger partial charge in [-0.2, -0.15) is 0 Å². The lowest BCUT2D eigenvalue weighted by Gasteiger charge is -2.27. The zero-order valence-corrected chi connectivity index (χ0v) is 18.3. The highest BCUT2D eigenvalue weighted by atomic mass is 35.5. The highest BCUT2D eigenvalue weighted by molar-refractivity contribution is 6.38. The second-order valence-corrected chi connectivity index (χ2v) is 9.81. The molecule has 0 radical (unpaired) electrons. The monoisotopic (exact) mass is 394 g/mol. The van der Waals surface area contributed by atoms with Gasteiger partial charge in [-0.05, 0) is 35.8 Å². The first-order chi connectivity index (χ1) is 11.7. The zero-order valence-electron chi connectivity index (χ0n) is 16.8. The summed E-state index contributed by atoms with van der Waals surface area (Å²) in [5.74, 6) is 0.131. The van der Waals surface area contributed by atoms with E-state index in [0.717, 1.165) is 22.3 Å². The Kier molecular flexibility index (Phi) is 5.35. The molecule has 4 heteroatoms. The van der Waals surface area contributed by atoms with Gasteiger partial charge in [-0.25, -0.2) is 0 Å². The number of hydrogen-bond donors (Lipinski definition) is 2. The fourth-order valence-electron chi connectivity index (χ4n) is 3.17. The van der Waals surface area contributed by atoms with Crippen LogP contribution in [0.3, 0.4) is 0 Å². The maximum absolute atomic E-state index is 11.1. The highest BCUT2D eigenvalue weighted by Crippen LogP contribution is 2.52. The van der Waals surface area contributed by atoms with E-state index in [4.69, 9.17) is 23.2 Å². The first-order valence-corrected chi connectivity index (χ1v) is 9.49. The number of aryl methyl sites for hydroxylation is 2. The average Bonchev–Trinajstić information content (AvgIpc) is 2.47. The van der Waals surface area contributed by atoms with Crippen molar-refractivity contribution in [3.8, 4) is 22.6 Å². The van der Waals surface area contributed by atoms with Gasteiger partial charge in [0.05, 0.1) is 10.0 Å². The second-order valence-electron chi connectivity index (χ2n) is 9.06. The van der Waals surface area contributed by atoms with Crippen LogP contribution in [0.5, 0.6) is 11.5 Å². The molecule has 0 saturated carbocycles. The fraction of sp³-hybridized carbons (Fsp3) is 0.455. The first-order valence-electron chi connectivity index (χ1n) is 8.73. The molecule has 0 aromatic heterocycles. The summed E-state index contributed by atoms with van der Waals surface area (Å²) in [6.07, 6.45) is 0. The van der Waals surface area contributed by atoms with Crippen molar-refractivity contribution < 1.29 is 10.2 Å². The SMILES string of the molecule is Cc1cc(C(C)(C)C)c(O)c(-c2c(O)c(C(C)(C)C)cc(C)c2Cl)c1Cl. The Hall–Kier alpha value is -1.38. The largest absolute Gasteiger partial charge is 0.507 e. The minimum Gasteiger partial charge on any atom is -0.507 e. The van der Waals surface area contributed by atoms with Crippen LogP contribution in [0.4, 0.5) is 0 Å². The summed E-state index contributed by atoms with van der Waals surface area (Å²) in [5, 5.41) is 22.9. The summed E-state index contributed by atoms with van der Waals surface area (Å²) in [7, 11) is 0. The van der Waals surface area contributed by atoms with E-state index in [1.54, 1.807) is 0 Å². The Bertz CT molecular complexity index is 796. The molecule has 0 heterocycles. The molecule has 2 aromatic carbocycles. The van der Waals surface area contributed by atoms with Crippen molar-refractivity contribution in [1.82, 2.24) is 0 Å². The van der Waals surface area contributed by atoms with Crippen molar-refractivity contribution in [3.63, 3.8) is 0 Å². The zero-order chi connectivity index (χ0) is 20.2. The first kappa shape index (κ1) is 20.9. The number of rotatable bonds is 1. The minimum atomic E-state index is -0.285. The van der Waals surface area contributed by atoms with Crippen molar-refractivity contribution in [2.24, 2.45) is 0 Å². The van der Waals surface area contributed by atoms with Gasteiger partial charge in [0.2, 0.25) is 0 Å². The Morgan fingerprint density at radius 3 is 1.15 bits per heavy atom. The third-order valence-corrected chi connectivity index (χ3v) is 5.68. The van der Waals surface area contributed by atoms with Crippen molar-refractivity contribution in [1.29, 1.82) is 0 Å². The van der Waals surface area contributed by atoms with Gasteiger partial charge in [-0.3, -0.25) is 0 Å². The lowest BCUT2D eigenvalue weighted by atomic mass is 9.80. The summed E-state index contributed by atoms with van der Waals surface area (Å²) in [4.78, 5) is 0. The molecule has 142 valence electrons. The Morgan fingerprint density at radius 1 is 0.654 bits per heavy atom. The van der Waals surface area contributed by atoms with Crippen LogP contribution in [-0.2, 0) is 10.8 Å². The number of benzene rings is 2. The second kappa shape index (κ2) is 6.65. The van der Waals surface area contributed by atoms with E-state index in [0.29, 0.717) is 21.2 Å². The van der Waals surface area contributed by atoms with Crippen LogP contribution in [0.2, 0.25) is 10.0 Å². The van der Waals surface area contributed by atoms with Crippen molar-refractivity contribution in [3.05, 3.63) is 44.4 Å². The van der Waals surface area contributed by atoms with E-state index in [2.05, 4.69) is 0 Å². The molecule has 2 N–H and O–H groups in total. The molecule has 0 fully saturated rings. The molecule has 2 rings (SSSR count). The molecule has 26 heavy (non-hydrogen) atoms. The summed E-state index contributed by atoms with van der Waals surface area (Å²) in [5.41, 5.74) is 3.42. The summed E-state index contributed by atoms with van der Waals surface area (Å²) in [6.45, 7) is 15.9. The molecule has 0 atom stereocenters. The lowest BCUT2D eigenvalue weighted by Crippen LogP contribution is -2.14. The van der Waals surface area contributed by atoms with Crippen LogP contribution in [0.1, 0.15) is 63.8 Å². The Morgan fingerprint density at radius 2 is 0.923 bits per heavy atom. The van der Waals surface area contributed by atoms with E-state index in [9.17, 15) is 10.2 Å². The van der Waals surface area contributed by atoms with E-state index >= 15 is 0 Å². The normalized spacial score (nSPS) is 12.5. The average molecular weight is 395 g/mol. The summed E-state index contributed by atoms with van der Waals surface area (Å²) >= 11 is 13.2. The Labute approximate surface area is 166 Å². The molecule has 0 aliphatic rings. The van der Waals surface area contributed by atoms with Crippen LogP contribution in [0, 0.1) is 13.8 Å². The number of phenols is 2. The topological polar surface area (TPSA) is 40.5 Å². The predicted octanol–water partition coefficient (Wildman–Crippen LogP) is 7.28. The van der Waals surface area contributed by atoms with Crippen LogP contribution >= 0.6 is 23.2 Å². The van der Waals surface area contributed by atoms with Gasteiger partial charge in [0.1, 0.15) is 11.5 Å². The maximum atomic E-state index is 11.1. The third kappa shape index (κ3) is 3.54. The molecule has 0 bridgehead atoms. The minimum absolute atomic E-state index is 0.0655. The highest BCUT2D eigenvalue weighted by Gasteiger charge is 2.30. The number of phenolic OH excluding ortho intramolecular Hbond substituents is 2. The van der Waals surface area contributed by atoms with Gasteiger partial charge in [0.25, 0.3) is 0 Å². The van der Waals surface area contributed by atoms with Crippen LogP contribution < -0.4 is 0 Å². The Balaban J connectivity index is 3.03. The van der Waals surface area contributed by atoms with Gasteiger partial charge >= 0.3 is 0 Å². The van der Waals surface area contributed by atoms with Crippen molar-refractivity contribution in [2.75, 3.05) is 0 Å². The quantitative estimate of drug-likeness (QED) is 0.532. The van der Waals surface area contributed by atoms with Crippen LogP contribution in [0.15, 0.2) is 12.1 Å². The third-order valence-electron chi connectivity index (χ3n) is 4.70. The van der Waals surface area contributed by atoms with Gasteiger partial charge < -0.3 is 10.2 Å². The van der Waals surface area contributed by atoms with Gasteiger partial charge in [0, 0.05) is 22.3 Å². The predicted molar refractivity (Wildman–Crippen MR) is 112 cm³/mol. The number of halogens is 2. The lowest BCUT2D eigenvalue weighted by molar-refractivity contribution is 0.440. The number of hydrogen-bond acceptors (Lipinski definition) is 2. The van der Waals surface area contributed by atoms with Crippen molar-refractivity contribution in [2.45, 2.75) is 66.2 Å². The van der Waals surface area contributed by atoms with E-state index < -0.39 is 0 Å². The smallest absolute Gasteiger partial charge is 0.128 e. The molecular formula is C22H28Cl2O2. The van der Waals surface area contributed by atoms with Crippen molar-refractivity contribution >= 4 is 23.2 Å². The molecule has 0 saturated heterocycles. The molecule has 0 spiro atoms. The molecule has 0 aliphatic heterocycles. The van der Waals surface area contributed by atoms with Crippen LogP contribution in [0.25, 0.3) is 11.1 Å². The summed E-state index contributed by atoms with van der Waals surface area (Å²) in [6, 6.07) is 3.79. The fourth-order valence-corrected chi connectivity index (χ4v) is 3.64. The molecule has 2 nitrogen and oxygen atoms in total. The van der Waals surface area contributed by atoms with E-state index in [-0.39, 0.29) is 22.3 Å². The molecular weight excluding hydrogens is 367 g/mol. The van der Waals surface area contributed by atoms with Gasteiger partial charge in [-0.1, -0.05) is 76.9 Å². The van der Waals surface area contributed by atoms with Crippen LogP contribution in [-0.4, -0.2) is 10.2 Å². The molecule has 2 aromatic rings. The van der Waals surface area contributed by atoms with E-state index in [1.165, 1.54) is 0 Å². The van der Waals surface area contributed by atoms with Gasteiger partial charge in [-0.15, -0.1) is 0 Å². The maximum Gasteiger partial charge on any atom is 0.128 e. The summed E-state index contributed by atoms with van der Waals surface area (Å²) < 4.78 is 0. The van der Waals surface area contributed by atoms with E-state index in [1.807, 2.05) is 67.5 Å². The molecule has 0 aliphatic carbocycles. The molecule has 0 unspecified atom stereocenters.